The molecule has 2 nitrogen and oxygen atoms in total. The number of halogens is 4. The first kappa shape index (κ1) is 14.8. The fraction of sp³-hybridized carbons (Fsp3) is 0.231. The molecular formula is C13H11F4NOS. The topological polar surface area (TPSA) is 35.2 Å². The summed E-state index contributed by atoms with van der Waals surface area (Å²) >= 11 is 1.42. The minimum atomic E-state index is -4.52. The Morgan fingerprint density at radius 2 is 1.90 bits per heavy atom. The molecule has 1 atom stereocenters. The molecule has 1 aromatic heterocycles. The van der Waals surface area contributed by atoms with Crippen molar-refractivity contribution in [1.29, 1.82) is 0 Å². The van der Waals surface area contributed by atoms with Crippen LogP contribution in [0, 0.1) is 0 Å². The van der Waals surface area contributed by atoms with Crippen molar-refractivity contribution < 1.29 is 22.3 Å². The van der Waals surface area contributed by atoms with E-state index in [0.29, 0.717) is 5.56 Å². The van der Waals surface area contributed by atoms with E-state index < -0.39 is 18.6 Å². The van der Waals surface area contributed by atoms with Crippen LogP contribution < -0.4 is 10.5 Å². The van der Waals surface area contributed by atoms with Crippen LogP contribution in [-0.4, -0.2) is 12.5 Å². The summed E-state index contributed by atoms with van der Waals surface area (Å²) in [6.45, 7) is 0. The van der Waals surface area contributed by atoms with E-state index in [9.17, 15) is 17.6 Å². The van der Waals surface area contributed by atoms with Gasteiger partial charge in [-0.2, -0.15) is 17.6 Å². The van der Waals surface area contributed by atoms with Crippen LogP contribution in [-0.2, 0) is 0 Å². The molecule has 0 amide bonds. The highest BCUT2D eigenvalue weighted by Crippen LogP contribution is 2.30. The zero-order chi connectivity index (χ0) is 14.8. The average Bonchev–Trinajstić information content (AvgIpc) is 2.91. The van der Waals surface area contributed by atoms with Crippen molar-refractivity contribution in [3.05, 3.63) is 52.2 Å². The predicted molar refractivity (Wildman–Crippen MR) is 68.4 cm³/mol. The summed E-state index contributed by atoms with van der Waals surface area (Å²) in [5.41, 5.74) is 6.48. The van der Waals surface area contributed by atoms with Gasteiger partial charge in [-0.25, -0.2) is 0 Å². The monoisotopic (exact) mass is 305 g/mol. The largest absolute Gasteiger partial charge is 0.461 e. The maximum atomic E-state index is 12.8. The van der Waals surface area contributed by atoms with Gasteiger partial charge in [-0.1, -0.05) is 18.2 Å². The normalized spacial score (nSPS) is 13.5. The first-order chi connectivity index (χ1) is 9.40. The fourth-order valence-electron chi connectivity index (χ4n) is 1.61. The predicted octanol–water partition coefficient (Wildman–Crippen LogP) is 4.03. The lowest BCUT2D eigenvalue weighted by atomic mass is 10.1. The molecular weight excluding hydrogens is 294 g/mol. The maximum Gasteiger partial charge on any atom is 0.461 e. The quantitative estimate of drug-likeness (QED) is 0.846. The Hall–Kier alpha value is -1.60. The van der Waals surface area contributed by atoms with Gasteiger partial charge in [0.1, 0.15) is 5.75 Å². The number of nitrogens with two attached hydrogens (primary N) is 1. The Morgan fingerprint density at radius 3 is 2.50 bits per heavy atom. The van der Waals surface area contributed by atoms with Crippen molar-refractivity contribution >= 4 is 11.3 Å². The van der Waals surface area contributed by atoms with Gasteiger partial charge in [0, 0.05) is 4.88 Å². The van der Waals surface area contributed by atoms with Crippen LogP contribution in [0.25, 0.3) is 0 Å². The molecule has 1 heterocycles. The molecule has 0 saturated heterocycles. The molecule has 0 spiro atoms. The Kier molecular flexibility index (Phi) is 4.29. The third kappa shape index (κ3) is 3.29. The summed E-state index contributed by atoms with van der Waals surface area (Å²) in [7, 11) is 0. The molecule has 0 aliphatic heterocycles. The van der Waals surface area contributed by atoms with Crippen molar-refractivity contribution in [2.24, 2.45) is 5.73 Å². The number of hydrogen-bond acceptors (Lipinski definition) is 3. The number of rotatable bonds is 5. The van der Waals surface area contributed by atoms with Crippen LogP contribution in [0.1, 0.15) is 16.5 Å². The Balaban J connectivity index is 2.20. The highest BCUT2D eigenvalue weighted by molar-refractivity contribution is 7.10. The second kappa shape index (κ2) is 5.80. The number of benzene rings is 1. The summed E-state index contributed by atoms with van der Waals surface area (Å²) in [5, 5.41) is 1.83. The van der Waals surface area contributed by atoms with E-state index >= 15 is 0 Å². The van der Waals surface area contributed by atoms with E-state index in [4.69, 9.17) is 5.73 Å². The molecule has 1 aromatic carbocycles. The first-order valence-corrected chi connectivity index (χ1v) is 6.52. The lowest BCUT2D eigenvalue weighted by Gasteiger charge is -2.18. The molecule has 2 aromatic rings. The zero-order valence-corrected chi connectivity index (χ0v) is 10.9. The molecule has 0 aliphatic carbocycles. The van der Waals surface area contributed by atoms with E-state index in [2.05, 4.69) is 4.74 Å². The first-order valence-electron chi connectivity index (χ1n) is 5.64. The van der Waals surface area contributed by atoms with Crippen LogP contribution >= 0.6 is 11.3 Å². The van der Waals surface area contributed by atoms with Gasteiger partial charge in [0.25, 0.3) is 0 Å². The average molecular weight is 305 g/mol. The van der Waals surface area contributed by atoms with E-state index in [-0.39, 0.29) is 5.75 Å². The van der Waals surface area contributed by atoms with Gasteiger partial charge < -0.3 is 10.5 Å². The van der Waals surface area contributed by atoms with Crippen molar-refractivity contribution in [2.75, 3.05) is 0 Å². The minimum Gasteiger partial charge on any atom is -0.428 e. The summed E-state index contributed by atoms with van der Waals surface area (Å²) in [5.74, 6) is -0.347. The van der Waals surface area contributed by atoms with Gasteiger partial charge in [0.15, 0.2) is 0 Å². The molecule has 108 valence electrons. The summed E-state index contributed by atoms with van der Waals surface area (Å²) in [6.07, 6.45) is -8.41. The van der Waals surface area contributed by atoms with E-state index in [0.717, 1.165) is 4.88 Å². The molecule has 0 unspecified atom stereocenters. The molecule has 2 N–H and O–H groups in total. The molecule has 0 aliphatic rings. The summed E-state index contributed by atoms with van der Waals surface area (Å²) < 4.78 is 53.9. The van der Waals surface area contributed by atoms with E-state index in [1.54, 1.807) is 12.1 Å². The van der Waals surface area contributed by atoms with Gasteiger partial charge >= 0.3 is 12.5 Å². The molecule has 0 fully saturated rings. The maximum absolute atomic E-state index is 12.8. The molecule has 2 rings (SSSR count). The summed E-state index contributed by atoms with van der Waals surface area (Å²) in [4.78, 5) is 0.836. The SMILES string of the molecule is N[C@H](c1cccc(OC(F)(F)C(F)F)c1)c1cccs1. The second-order valence-electron chi connectivity index (χ2n) is 4.03. The standard InChI is InChI=1S/C13H11F4NOS/c14-12(15)13(16,17)19-9-4-1-3-8(7-9)11(18)10-5-2-6-20-10/h1-7,11-12H,18H2/t11-/m1/s1. The molecule has 20 heavy (non-hydrogen) atoms. The zero-order valence-electron chi connectivity index (χ0n) is 10.1. The Bertz CT molecular complexity index is 559. The Morgan fingerprint density at radius 1 is 1.15 bits per heavy atom. The van der Waals surface area contributed by atoms with Crippen molar-refractivity contribution in [3.8, 4) is 5.75 Å². The third-order valence-corrected chi connectivity index (χ3v) is 3.53. The van der Waals surface area contributed by atoms with Gasteiger partial charge in [-0.3, -0.25) is 0 Å². The molecule has 0 radical (unpaired) electrons. The molecule has 0 saturated carbocycles. The highest BCUT2D eigenvalue weighted by Gasteiger charge is 2.44. The fourth-order valence-corrected chi connectivity index (χ4v) is 2.36. The van der Waals surface area contributed by atoms with Crippen LogP contribution in [0.15, 0.2) is 41.8 Å². The number of ether oxygens (including phenoxy) is 1. The summed E-state index contributed by atoms with van der Waals surface area (Å²) in [6, 6.07) is 8.57. The van der Waals surface area contributed by atoms with Gasteiger partial charge in [-0.15, -0.1) is 11.3 Å². The molecule has 7 heteroatoms. The highest BCUT2D eigenvalue weighted by atomic mass is 32.1. The number of alkyl halides is 4. The lowest BCUT2D eigenvalue weighted by molar-refractivity contribution is -0.253. The number of hydrogen-bond donors (Lipinski definition) is 1. The minimum absolute atomic E-state index is 0.347. The van der Waals surface area contributed by atoms with Crippen LogP contribution in [0.4, 0.5) is 17.6 Å². The van der Waals surface area contributed by atoms with E-state index in [1.165, 1.54) is 29.5 Å². The van der Waals surface area contributed by atoms with Crippen molar-refractivity contribution in [1.82, 2.24) is 0 Å². The van der Waals surface area contributed by atoms with Crippen LogP contribution in [0.5, 0.6) is 5.75 Å². The Labute approximate surface area is 116 Å². The van der Waals surface area contributed by atoms with Crippen molar-refractivity contribution in [2.45, 2.75) is 18.6 Å². The number of thiophene rings is 1. The van der Waals surface area contributed by atoms with E-state index in [1.807, 2.05) is 11.4 Å². The van der Waals surface area contributed by atoms with Crippen LogP contribution in [0.3, 0.4) is 0 Å². The third-order valence-electron chi connectivity index (χ3n) is 2.57. The lowest BCUT2D eigenvalue weighted by Crippen LogP contribution is -2.33. The smallest absolute Gasteiger partial charge is 0.428 e. The second-order valence-corrected chi connectivity index (χ2v) is 5.01. The molecule has 0 bridgehead atoms. The van der Waals surface area contributed by atoms with Crippen LogP contribution in [0.2, 0.25) is 0 Å². The van der Waals surface area contributed by atoms with Gasteiger partial charge in [0.2, 0.25) is 0 Å². The van der Waals surface area contributed by atoms with Gasteiger partial charge in [-0.05, 0) is 29.1 Å². The van der Waals surface area contributed by atoms with Crippen molar-refractivity contribution in [3.63, 3.8) is 0 Å². The van der Waals surface area contributed by atoms with Gasteiger partial charge in [0.05, 0.1) is 6.04 Å².